The molecule has 6 heteroatoms. The summed E-state index contributed by atoms with van der Waals surface area (Å²) in [7, 11) is 3.86. The van der Waals surface area contributed by atoms with E-state index in [9.17, 15) is 0 Å². The van der Waals surface area contributed by atoms with Crippen LogP contribution in [-0.2, 0) is 7.05 Å². The summed E-state index contributed by atoms with van der Waals surface area (Å²) in [6, 6.07) is 4.48. The number of nitrogens with one attached hydrogen (secondary N) is 1. The third-order valence-electron chi connectivity index (χ3n) is 2.94. The van der Waals surface area contributed by atoms with Crippen molar-refractivity contribution < 1.29 is 0 Å². The van der Waals surface area contributed by atoms with E-state index >= 15 is 0 Å². The van der Waals surface area contributed by atoms with Gasteiger partial charge in [-0.3, -0.25) is 4.68 Å². The number of hydrogen-bond donors (Lipinski definition) is 1. The van der Waals surface area contributed by atoms with E-state index in [0.717, 1.165) is 5.69 Å². The Hall–Kier alpha value is -0.880. The smallest absolute Gasteiger partial charge is 0.0855 e. The predicted octanol–water partition coefficient (Wildman–Crippen LogP) is 3.66. The lowest BCUT2D eigenvalue weighted by Gasteiger charge is -2.15. The molecule has 0 spiro atoms. The molecule has 0 saturated heterocycles. The highest BCUT2D eigenvalue weighted by Crippen LogP contribution is 2.37. The largest absolute Gasteiger partial charge is 0.307 e. The highest BCUT2D eigenvalue weighted by Gasteiger charge is 2.21. The highest BCUT2D eigenvalue weighted by molar-refractivity contribution is 7.27. The van der Waals surface area contributed by atoms with Gasteiger partial charge in [-0.2, -0.15) is 5.10 Å². The Balaban J connectivity index is 2.10. The lowest BCUT2D eigenvalue weighted by molar-refractivity contribution is 0.613. The van der Waals surface area contributed by atoms with Gasteiger partial charge in [0, 0.05) is 21.3 Å². The Labute approximate surface area is 118 Å². The molecule has 94 valence electrons. The number of hydrogen-bond acceptors (Lipinski definition) is 4. The van der Waals surface area contributed by atoms with Crippen LogP contribution in [0, 0.1) is 0 Å². The average Bonchev–Trinajstić information content (AvgIpc) is 2.99. The Morgan fingerprint density at radius 3 is 2.89 bits per heavy atom. The van der Waals surface area contributed by atoms with Crippen LogP contribution in [0.5, 0.6) is 0 Å². The van der Waals surface area contributed by atoms with E-state index in [0.29, 0.717) is 5.02 Å². The van der Waals surface area contributed by atoms with E-state index in [2.05, 4.69) is 27.9 Å². The average molecular weight is 298 g/mol. The maximum Gasteiger partial charge on any atom is 0.0855 e. The molecule has 0 radical (unpaired) electrons. The van der Waals surface area contributed by atoms with Gasteiger partial charge in [0.2, 0.25) is 0 Å². The number of aryl methyl sites for hydroxylation is 1. The first-order valence-electron chi connectivity index (χ1n) is 5.52. The molecule has 18 heavy (non-hydrogen) atoms. The van der Waals surface area contributed by atoms with Gasteiger partial charge in [-0.1, -0.05) is 11.6 Å². The van der Waals surface area contributed by atoms with Gasteiger partial charge < -0.3 is 5.32 Å². The zero-order valence-corrected chi connectivity index (χ0v) is 12.4. The lowest BCUT2D eigenvalue weighted by Crippen LogP contribution is -2.20. The molecule has 0 aliphatic heterocycles. The summed E-state index contributed by atoms with van der Waals surface area (Å²) in [4.78, 5) is 1.27. The number of nitrogens with zero attached hydrogens (tertiary/aromatic N) is 2. The molecule has 0 aliphatic carbocycles. The molecule has 3 aromatic rings. The zero-order chi connectivity index (χ0) is 12.7. The first-order chi connectivity index (χ1) is 8.70. The third-order valence-corrected chi connectivity index (χ3v) is 5.39. The summed E-state index contributed by atoms with van der Waals surface area (Å²) in [6.07, 6.45) is 1.69. The molecule has 3 rings (SSSR count). The van der Waals surface area contributed by atoms with Gasteiger partial charge in [0.25, 0.3) is 0 Å². The summed E-state index contributed by atoms with van der Waals surface area (Å²) in [5, 5.41) is 10.4. The SMILES string of the molecule is CNC(c1cc2sccc2s1)c1c(Cl)cnn1C. The second-order valence-corrected chi connectivity index (χ2v) is 6.49. The topological polar surface area (TPSA) is 29.9 Å². The Morgan fingerprint density at radius 1 is 1.44 bits per heavy atom. The molecule has 1 N–H and O–H groups in total. The molecule has 1 atom stereocenters. The maximum absolute atomic E-state index is 6.23. The summed E-state index contributed by atoms with van der Waals surface area (Å²) >= 11 is 9.79. The molecule has 1 unspecified atom stereocenters. The molecule has 0 aliphatic rings. The van der Waals surface area contributed by atoms with Crippen LogP contribution < -0.4 is 5.32 Å². The van der Waals surface area contributed by atoms with Gasteiger partial charge in [0.1, 0.15) is 0 Å². The first-order valence-corrected chi connectivity index (χ1v) is 7.59. The van der Waals surface area contributed by atoms with Crippen LogP contribution in [0.15, 0.2) is 23.7 Å². The highest BCUT2D eigenvalue weighted by atomic mass is 35.5. The predicted molar refractivity (Wildman–Crippen MR) is 78.8 cm³/mol. The normalized spacial score (nSPS) is 13.3. The van der Waals surface area contributed by atoms with Crippen molar-refractivity contribution in [1.82, 2.24) is 15.1 Å². The van der Waals surface area contributed by atoms with Crippen molar-refractivity contribution in [1.29, 1.82) is 0 Å². The monoisotopic (exact) mass is 297 g/mol. The van der Waals surface area contributed by atoms with Crippen LogP contribution >= 0.6 is 34.3 Å². The van der Waals surface area contributed by atoms with Crippen molar-refractivity contribution in [3.63, 3.8) is 0 Å². The molecule has 0 fully saturated rings. The number of fused-ring (bicyclic) bond motifs is 1. The first kappa shape index (κ1) is 12.2. The minimum Gasteiger partial charge on any atom is -0.307 e. The number of halogens is 1. The fraction of sp³-hybridized carbons (Fsp3) is 0.250. The summed E-state index contributed by atoms with van der Waals surface area (Å²) in [5.74, 6) is 0. The molecule has 3 aromatic heterocycles. The lowest BCUT2D eigenvalue weighted by atomic mass is 10.1. The minimum atomic E-state index is 0.0922. The summed E-state index contributed by atoms with van der Waals surface area (Å²) in [6.45, 7) is 0. The van der Waals surface area contributed by atoms with Crippen LogP contribution in [-0.4, -0.2) is 16.8 Å². The van der Waals surface area contributed by atoms with E-state index in [1.54, 1.807) is 28.9 Å². The maximum atomic E-state index is 6.23. The van der Waals surface area contributed by atoms with E-state index in [4.69, 9.17) is 11.6 Å². The molecule has 0 bridgehead atoms. The van der Waals surface area contributed by atoms with E-state index in [1.165, 1.54) is 14.3 Å². The van der Waals surface area contributed by atoms with Gasteiger partial charge >= 0.3 is 0 Å². The number of aromatic nitrogens is 2. The van der Waals surface area contributed by atoms with Gasteiger partial charge in [-0.05, 0) is 24.6 Å². The number of rotatable bonds is 3. The van der Waals surface area contributed by atoms with Crippen molar-refractivity contribution in [2.45, 2.75) is 6.04 Å². The summed E-state index contributed by atoms with van der Waals surface area (Å²) in [5.41, 5.74) is 1.01. The zero-order valence-electron chi connectivity index (χ0n) is 9.98. The molecule has 3 nitrogen and oxygen atoms in total. The van der Waals surface area contributed by atoms with Gasteiger partial charge in [0.15, 0.2) is 0 Å². The van der Waals surface area contributed by atoms with Crippen LogP contribution in [0.2, 0.25) is 5.02 Å². The molecular formula is C12H12ClN3S2. The molecule has 3 heterocycles. The van der Waals surface area contributed by atoms with Crippen LogP contribution in [0.1, 0.15) is 16.6 Å². The molecule has 0 saturated carbocycles. The third kappa shape index (κ3) is 1.87. The van der Waals surface area contributed by atoms with Gasteiger partial charge in [-0.25, -0.2) is 0 Å². The Kier molecular flexibility index (Phi) is 3.15. The van der Waals surface area contributed by atoms with Crippen molar-refractivity contribution in [3.05, 3.63) is 39.3 Å². The van der Waals surface area contributed by atoms with Crippen LogP contribution in [0.4, 0.5) is 0 Å². The second-order valence-electron chi connectivity index (χ2n) is 4.02. The van der Waals surface area contributed by atoms with Crippen molar-refractivity contribution in [2.24, 2.45) is 7.05 Å². The summed E-state index contributed by atoms with van der Waals surface area (Å²) < 4.78 is 4.49. The van der Waals surface area contributed by atoms with Crippen molar-refractivity contribution in [2.75, 3.05) is 7.05 Å². The van der Waals surface area contributed by atoms with E-state index < -0.39 is 0 Å². The molecule has 0 aromatic carbocycles. The van der Waals surface area contributed by atoms with Gasteiger partial charge in [-0.15, -0.1) is 22.7 Å². The Bertz CT molecular complexity index is 634. The van der Waals surface area contributed by atoms with Crippen molar-refractivity contribution >= 4 is 43.7 Å². The quantitative estimate of drug-likeness (QED) is 0.799. The van der Waals surface area contributed by atoms with Crippen LogP contribution in [0.3, 0.4) is 0 Å². The van der Waals surface area contributed by atoms with Crippen molar-refractivity contribution in [3.8, 4) is 0 Å². The standard InChI is InChI=1S/C12H12ClN3S2/c1-14-11(12-7(13)6-15-16(12)2)10-5-9-8(18-10)3-4-17-9/h3-6,11,14H,1-2H3. The van der Waals surface area contributed by atoms with Crippen LogP contribution in [0.25, 0.3) is 9.40 Å². The molecular weight excluding hydrogens is 286 g/mol. The van der Waals surface area contributed by atoms with Gasteiger partial charge in [0.05, 0.1) is 23.0 Å². The Morgan fingerprint density at radius 2 is 2.28 bits per heavy atom. The minimum absolute atomic E-state index is 0.0922. The molecule has 0 amide bonds. The number of thiophene rings is 2. The van der Waals surface area contributed by atoms with E-state index in [1.807, 2.05) is 18.8 Å². The fourth-order valence-electron chi connectivity index (χ4n) is 2.09. The second kappa shape index (κ2) is 4.66. The van der Waals surface area contributed by atoms with E-state index in [-0.39, 0.29) is 6.04 Å². The fourth-order valence-corrected chi connectivity index (χ4v) is 4.59.